The summed E-state index contributed by atoms with van der Waals surface area (Å²) in [7, 11) is 0. The molecule has 2 aromatic rings. The number of halogens is 1. The summed E-state index contributed by atoms with van der Waals surface area (Å²) in [6, 6.07) is 8.77. The van der Waals surface area contributed by atoms with E-state index >= 15 is 0 Å². The van der Waals surface area contributed by atoms with Gasteiger partial charge in [0.1, 0.15) is 23.9 Å². The highest BCUT2D eigenvalue weighted by molar-refractivity contribution is 5.94. The van der Waals surface area contributed by atoms with E-state index in [4.69, 9.17) is 9.15 Å². The number of benzene rings is 1. The minimum atomic E-state index is -0.444. The van der Waals surface area contributed by atoms with Gasteiger partial charge in [0.15, 0.2) is 5.76 Å². The molecule has 3 rings (SSSR count). The fourth-order valence-corrected chi connectivity index (χ4v) is 2.58. The van der Waals surface area contributed by atoms with Gasteiger partial charge in [-0.1, -0.05) is 0 Å². The van der Waals surface area contributed by atoms with Crippen molar-refractivity contribution in [3.8, 4) is 5.75 Å². The van der Waals surface area contributed by atoms with Gasteiger partial charge in [0.05, 0.1) is 6.54 Å². The van der Waals surface area contributed by atoms with Crippen LogP contribution in [0.5, 0.6) is 5.75 Å². The molecule has 0 atom stereocenters. The van der Waals surface area contributed by atoms with Crippen molar-refractivity contribution in [2.45, 2.75) is 19.4 Å². The second-order valence-electron chi connectivity index (χ2n) is 5.78. The lowest BCUT2D eigenvalue weighted by Gasteiger charge is -2.14. The first kappa shape index (κ1) is 17.0. The summed E-state index contributed by atoms with van der Waals surface area (Å²) in [6.07, 6.45) is 2.02. The van der Waals surface area contributed by atoms with E-state index < -0.39 is 5.91 Å². The van der Waals surface area contributed by atoms with Gasteiger partial charge in [0.2, 0.25) is 5.91 Å². The van der Waals surface area contributed by atoms with Gasteiger partial charge in [0.25, 0.3) is 5.91 Å². The molecule has 7 heteroatoms. The maximum atomic E-state index is 12.8. The Morgan fingerprint density at radius 3 is 2.56 bits per heavy atom. The van der Waals surface area contributed by atoms with E-state index in [1.165, 1.54) is 30.3 Å². The first-order valence-electron chi connectivity index (χ1n) is 8.15. The molecule has 132 valence electrons. The molecular formula is C18H19FN2O4. The van der Waals surface area contributed by atoms with Crippen molar-refractivity contribution in [1.29, 1.82) is 0 Å². The van der Waals surface area contributed by atoms with Gasteiger partial charge in [-0.15, -0.1) is 0 Å². The molecule has 0 saturated carbocycles. The molecule has 0 radical (unpaired) electrons. The van der Waals surface area contributed by atoms with E-state index in [2.05, 4.69) is 5.32 Å². The summed E-state index contributed by atoms with van der Waals surface area (Å²) < 4.78 is 23.7. The van der Waals surface area contributed by atoms with Crippen LogP contribution in [0.3, 0.4) is 0 Å². The summed E-state index contributed by atoms with van der Waals surface area (Å²) in [5.74, 6) is 0.206. The number of furan rings is 1. The van der Waals surface area contributed by atoms with Crippen molar-refractivity contribution in [3.63, 3.8) is 0 Å². The van der Waals surface area contributed by atoms with Crippen LogP contribution in [-0.4, -0.2) is 36.3 Å². The fourth-order valence-electron chi connectivity index (χ4n) is 2.58. The van der Waals surface area contributed by atoms with E-state index in [0.29, 0.717) is 11.5 Å². The van der Waals surface area contributed by atoms with Gasteiger partial charge in [-0.25, -0.2) is 4.39 Å². The topological polar surface area (TPSA) is 71.8 Å². The Morgan fingerprint density at radius 2 is 1.84 bits per heavy atom. The monoisotopic (exact) mass is 346 g/mol. The summed E-state index contributed by atoms with van der Waals surface area (Å²) in [5, 5.41) is 2.56. The summed E-state index contributed by atoms with van der Waals surface area (Å²) >= 11 is 0. The zero-order valence-corrected chi connectivity index (χ0v) is 13.7. The Kier molecular flexibility index (Phi) is 5.33. The normalized spacial score (nSPS) is 13.7. The number of amides is 2. The molecule has 1 aliphatic rings. The van der Waals surface area contributed by atoms with E-state index in [9.17, 15) is 14.0 Å². The van der Waals surface area contributed by atoms with Gasteiger partial charge in [0, 0.05) is 13.1 Å². The van der Waals surface area contributed by atoms with Crippen molar-refractivity contribution in [2.24, 2.45) is 0 Å². The third kappa shape index (κ3) is 4.59. The summed E-state index contributed by atoms with van der Waals surface area (Å²) in [6.45, 7) is 1.58. The molecule has 6 nitrogen and oxygen atoms in total. The Hall–Kier alpha value is -2.83. The van der Waals surface area contributed by atoms with Crippen molar-refractivity contribution < 1.29 is 23.1 Å². The molecule has 1 aromatic carbocycles. The van der Waals surface area contributed by atoms with Gasteiger partial charge in [-0.05, 0) is 49.2 Å². The van der Waals surface area contributed by atoms with E-state index in [1.807, 2.05) is 0 Å². The van der Waals surface area contributed by atoms with E-state index in [1.54, 1.807) is 11.0 Å². The third-order valence-electron chi connectivity index (χ3n) is 3.94. The number of carbonyl (C=O) groups is 2. The Bertz CT molecular complexity index is 736. The smallest absolute Gasteiger partial charge is 0.287 e. The highest BCUT2D eigenvalue weighted by atomic mass is 19.1. The first-order valence-corrected chi connectivity index (χ1v) is 8.15. The first-order chi connectivity index (χ1) is 12.1. The number of hydrogen-bond donors (Lipinski definition) is 1. The Morgan fingerprint density at radius 1 is 1.12 bits per heavy atom. The minimum Gasteiger partial charge on any atom is -0.486 e. The quantitative estimate of drug-likeness (QED) is 0.871. The minimum absolute atomic E-state index is 0.0407. The van der Waals surface area contributed by atoms with Gasteiger partial charge >= 0.3 is 0 Å². The molecular weight excluding hydrogens is 327 g/mol. The maximum absolute atomic E-state index is 12.8. The molecule has 1 aliphatic heterocycles. The van der Waals surface area contributed by atoms with Crippen LogP contribution in [0.4, 0.5) is 4.39 Å². The van der Waals surface area contributed by atoms with Crippen LogP contribution in [0.2, 0.25) is 0 Å². The lowest BCUT2D eigenvalue weighted by atomic mass is 10.3. The average Bonchev–Trinajstić information content (AvgIpc) is 3.30. The van der Waals surface area contributed by atoms with Gasteiger partial charge in [-0.2, -0.15) is 0 Å². The number of nitrogens with one attached hydrogen (secondary N) is 1. The maximum Gasteiger partial charge on any atom is 0.287 e. The molecule has 0 unspecified atom stereocenters. The zero-order valence-electron chi connectivity index (χ0n) is 13.7. The van der Waals surface area contributed by atoms with Crippen LogP contribution >= 0.6 is 0 Å². The van der Waals surface area contributed by atoms with Crippen LogP contribution in [0.1, 0.15) is 29.2 Å². The van der Waals surface area contributed by atoms with Crippen molar-refractivity contribution in [3.05, 3.63) is 53.7 Å². The number of ether oxygens (including phenoxy) is 1. The molecule has 2 amide bonds. The van der Waals surface area contributed by atoms with E-state index in [-0.39, 0.29) is 30.6 Å². The largest absolute Gasteiger partial charge is 0.486 e. The Labute approximate surface area is 144 Å². The van der Waals surface area contributed by atoms with E-state index in [0.717, 1.165) is 25.9 Å². The zero-order chi connectivity index (χ0) is 17.6. The van der Waals surface area contributed by atoms with Crippen LogP contribution in [0.25, 0.3) is 0 Å². The number of rotatable bonds is 6. The highest BCUT2D eigenvalue weighted by Crippen LogP contribution is 2.15. The second-order valence-corrected chi connectivity index (χ2v) is 5.78. The van der Waals surface area contributed by atoms with Crippen molar-refractivity contribution in [2.75, 3.05) is 19.6 Å². The molecule has 1 N–H and O–H groups in total. The third-order valence-corrected chi connectivity index (χ3v) is 3.94. The van der Waals surface area contributed by atoms with Gasteiger partial charge < -0.3 is 19.4 Å². The molecule has 0 spiro atoms. The summed E-state index contributed by atoms with van der Waals surface area (Å²) in [5.41, 5.74) is 0. The number of likely N-dealkylation sites (tertiary alicyclic amines) is 1. The average molecular weight is 346 g/mol. The Balaban J connectivity index is 1.47. The standard InChI is InChI=1S/C18H19FN2O4/c19-13-3-5-14(6-4-13)24-12-15-7-8-16(25-15)18(23)20-11-17(22)21-9-1-2-10-21/h3-8H,1-2,9-12H2,(H,20,23). The van der Waals surface area contributed by atoms with Crippen LogP contribution in [0, 0.1) is 5.82 Å². The molecule has 1 aromatic heterocycles. The van der Waals surface area contributed by atoms with Crippen molar-refractivity contribution >= 4 is 11.8 Å². The SMILES string of the molecule is O=C(NCC(=O)N1CCCC1)c1ccc(COc2ccc(F)cc2)o1. The molecule has 2 heterocycles. The van der Waals surface area contributed by atoms with Crippen molar-refractivity contribution in [1.82, 2.24) is 10.2 Å². The van der Waals surface area contributed by atoms with Crippen LogP contribution in [0.15, 0.2) is 40.8 Å². The number of hydrogen-bond acceptors (Lipinski definition) is 4. The number of nitrogens with zero attached hydrogens (tertiary/aromatic N) is 1. The van der Waals surface area contributed by atoms with Gasteiger partial charge in [-0.3, -0.25) is 9.59 Å². The molecule has 25 heavy (non-hydrogen) atoms. The lowest BCUT2D eigenvalue weighted by molar-refractivity contribution is -0.129. The highest BCUT2D eigenvalue weighted by Gasteiger charge is 2.19. The summed E-state index contributed by atoms with van der Waals surface area (Å²) in [4.78, 5) is 25.7. The molecule has 0 bridgehead atoms. The van der Waals surface area contributed by atoms with Crippen LogP contribution < -0.4 is 10.1 Å². The van der Waals surface area contributed by atoms with Crippen LogP contribution in [-0.2, 0) is 11.4 Å². The fraction of sp³-hybridized carbons (Fsp3) is 0.333. The second kappa shape index (κ2) is 7.83. The molecule has 1 fully saturated rings. The molecule has 1 saturated heterocycles. The predicted molar refractivity (Wildman–Crippen MR) is 87.6 cm³/mol. The number of carbonyl (C=O) groups excluding carboxylic acids is 2. The lowest BCUT2D eigenvalue weighted by Crippen LogP contribution is -2.38. The predicted octanol–water partition coefficient (Wildman–Crippen LogP) is 2.35. The molecule has 0 aliphatic carbocycles.